The summed E-state index contributed by atoms with van der Waals surface area (Å²) in [6, 6.07) is 26.9. The number of carbonyl (C=O) groups is 1. The molecule has 1 aliphatic heterocycles. The van der Waals surface area contributed by atoms with Crippen LogP contribution in [0.15, 0.2) is 107 Å². The maximum absolute atomic E-state index is 12.6. The molecule has 5 rings (SSSR count). The first kappa shape index (κ1) is 24.6. The Balaban J connectivity index is 0.000000226. The molecule has 0 amide bonds. The van der Waals surface area contributed by atoms with E-state index in [0.717, 1.165) is 27.7 Å². The fourth-order valence-electron chi connectivity index (χ4n) is 3.52. The van der Waals surface area contributed by atoms with Crippen molar-refractivity contribution in [3.8, 4) is 0 Å². The molecule has 2 heterocycles. The summed E-state index contributed by atoms with van der Waals surface area (Å²) in [5, 5.41) is 2.12. The van der Waals surface area contributed by atoms with Crippen molar-refractivity contribution in [1.29, 1.82) is 0 Å². The van der Waals surface area contributed by atoms with Gasteiger partial charge < -0.3 is 4.90 Å². The van der Waals surface area contributed by atoms with Crippen LogP contribution in [0.1, 0.15) is 22.8 Å². The number of aromatic nitrogens is 1. The normalized spacial score (nSPS) is 14.0. The molecule has 0 radical (unpaired) electrons. The van der Waals surface area contributed by atoms with Crippen molar-refractivity contribution in [2.75, 3.05) is 11.4 Å². The van der Waals surface area contributed by atoms with Crippen LogP contribution in [0.4, 0.5) is 5.69 Å². The van der Waals surface area contributed by atoms with Crippen LogP contribution in [-0.4, -0.2) is 17.3 Å². The number of nitrogens with zero attached hydrogens (tertiary/aromatic N) is 2. The highest BCUT2D eigenvalue weighted by molar-refractivity contribution is 8.03. The summed E-state index contributed by atoms with van der Waals surface area (Å²) in [4.78, 5) is 20.0. The van der Waals surface area contributed by atoms with Crippen molar-refractivity contribution in [3.63, 3.8) is 0 Å². The summed E-state index contributed by atoms with van der Waals surface area (Å²) >= 11 is 19.1. The van der Waals surface area contributed by atoms with Crippen molar-refractivity contribution >= 4 is 68.9 Å². The number of halogens is 3. The van der Waals surface area contributed by atoms with E-state index in [9.17, 15) is 4.79 Å². The lowest BCUT2D eigenvalue weighted by Gasteiger charge is -2.17. The molecule has 172 valence electrons. The average Bonchev–Trinajstić information content (AvgIpc) is 3.21. The van der Waals surface area contributed by atoms with E-state index in [-0.39, 0.29) is 5.78 Å². The fraction of sp³-hybridized carbons (Fsp3) is 0.111. The minimum Gasteiger partial charge on any atom is -0.335 e. The van der Waals surface area contributed by atoms with E-state index in [1.54, 1.807) is 42.1 Å². The van der Waals surface area contributed by atoms with E-state index in [1.807, 2.05) is 42.6 Å². The predicted molar refractivity (Wildman–Crippen MR) is 145 cm³/mol. The molecular formula is C27H21Cl3N2OS. The van der Waals surface area contributed by atoms with E-state index in [4.69, 9.17) is 34.8 Å². The molecule has 0 unspecified atom stereocenters. The zero-order valence-electron chi connectivity index (χ0n) is 18.3. The number of hydrogen-bond donors (Lipinski definition) is 0. The Morgan fingerprint density at radius 3 is 2.32 bits per heavy atom. The van der Waals surface area contributed by atoms with Crippen LogP contribution >= 0.6 is 46.6 Å². The van der Waals surface area contributed by atoms with Gasteiger partial charge in [0.2, 0.25) is 3.79 Å². The lowest BCUT2D eigenvalue weighted by molar-refractivity contribution is 0.104. The van der Waals surface area contributed by atoms with Gasteiger partial charge in [0.05, 0.1) is 16.2 Å². The maximum Gasteiger partial charge on any atom is 0.216 e. The monoisotopic (exact) mass is 526 g/mol. The van der Waals surface area contributed by atoms with Crippen LogP contribution < -0.4 is 4.90 Å². The first-order valence-electron chi connectivity index (χ1n) is 10.6. The standard InChI is InChI=1S/C18H14Cl3NOS.C9H7N/c1-2-22-14-5-3-4-6-16(14)24-17(22)11-15(23)12-7-9-13(10-8-12)18(19,20)21;1-2-6-9-8(4-1)5-3-7-10-9/h3-11H,2H2,1H3;1-7H. The highest BCUT2D eigenvalue weighted by Crippen LogP contribution is 2.45. The first-order valence-corrected chi connectivity index (χ1v) is 12.6. The van der Waals surface area contributed by atoms with Crippen LogP contribution in [0.5, 0.6) is 0 Å². The smallest absolute Gasteiger partial charge is 0.216 e. The predicted octanol–water partition coefficient (Wildman–Crippen LogP) is 8.40. The van der Waals surface area contributed by atoms with Gasteiger partial charge in [-0.2, -0.15) is 0 Å². The number of ketones is 1. The highest BCUT2D eigenvalue weighted by atomic mass is 35.6. The Bertz CT molecular complexity index is 1270. The minimum atomic E-state index is -1.48. The second kappa shape index (κ2) is 10.8. The number of thioether (sulfide) groups is 1. The van der Waals surface area contributed by atoms with Crippen LogP contribution in [0.25, 0.3) is 10.9 Å². The quantitative estimate of drug-likeness (QED) is 0.152. The molecule has 0 aliphatic carbocycles. The minimum absolute atomic E-state index is 0.0698. The summed E-state index contributed by atoms with van der Waals surface area (Å²) in [5.74, 6) is -0.0698. The van der Waals surface area contributed by atoms with Crippen LogP contribution in [0, 0.1) is 0 Å². The molecule has 7 heteroatoms. The molecule has 1 aliphatic rings. The Kier molecular flexibility index (Phi) is 7.84. The zero-order chi connectivity index (χ0) is 24.1. The number of pyridine rings is 1. The molecule has 0 N–H and O–H groups in total. The molecule has 0 bridgehead atoms. The number of anilines is 1. The third-order valence-electron chi connectivity index (χ3n) is 5.22. The van der Waals surface area contributed by atoms with Gasteiger partial charge in [0.1, 0.15) is 0 Å². The third kappa shape index (κ3) is 5.76. The summed E-state index contributed by atoms with van der Waals surface area (Å²) in [6.07, 6.45) is 3.47. The van der Waals surface area contributed by atoms with Crippen molar-refractivity contribution in [1.82, 2.24) is 4.98 Å². The summed E-state index contributed by atoms with van der Waals surface area (Å²) < 4.78 is -1.48. The van der Waals surface area contributed by atoms with Crippen molar-refractivity contribution < 1.29 is 4.79 Å². The molecule has 1 aromatic heterocycles. The SMILES string of the molecule is CCN1C(=CC(=O)c2ccc(C(Cl)(Cl)Cl)cc2)Sc2ccccc21.c1ccc2ncccc2c1. The van der Waals surface area contributed by atoms with E-state index >= 15 is 0 Å². The summed E-state index contributed by atoms with van der Waals surface area (Å²) in [5.41, 5.74) is 3.29. The summed E-state index contributed by atoms with van der Waals surface area (Å²) in [6.45, 7) is 2.87. The number of carbonyl (C=O) groups excluding carboxylic acids is 1. The number of benzene rings is 3. The number of allylic oxidation sites excluding steroid dienone is 1. The topological polar surface area (TPSA) is 33.2 Å². The molecule has 34 heavy (non-hydrogen) atoms. The Morgan fingerprint density at radius 1 is 0.941 bits per heavy atom. The number of hydrogen-bond acceptors (Lipinski definition) is 4. The van der Waals surface area contributed by atoms with Gasteiger partial charge >= 0.3 is 0 Å². The fourth-order valence-corrected chi connectivity index (χ4v) is 5.06. The molecule has 0 atom stereocenters. The van der Waals surface area contributed by atoms with Gasteiger partial charge in [-0.05, 0) is 31.2 Å². The van der Waals surface area contributed by atoms with Gasteiger partial charge in [-0.3, -0.25) is 9.78 Å². The van der Waals surface area contributed by atoms with Gasteiger partial charge in [0.25, 0.3) is 0 Å². The van der Waals surface area contributed by atoms with Crippen molar-refractivity contribution in [2.24, 2.45) is 0 Å². The molecular weight excluding hydrogens is 507 g/mol. The highest BCUT2D eigenvalue weighted by Gasteiger charge is 2.25. The van der Waals surface area contributed by atoms with Gasteiger partial charge in [-0.1, -0.05) is 107 Å². The van der Waals surface area contributed by atoms with Crippen molar-refractivity contribution in [2.45, 2.75) is 15.6 Å². The molecule has 3 aromatic carbocycles. The van der Waals surface area contributed by atoms with Crippen LogP contribution in [-0.2, 0) is 3.79 Å². The van der Waals surface area contributed by atoms with E-state index in [0.29, 0.717) is 11.1 Å². The lowest BCUT2D eigenvalue weighted by atomic mass is 10.1. The second-order valence-corrected chi connectivity index (χ2v) is 10.8. The van der Waals surface area contributed by atoms with Crippen LogP contribution in [0.3, 0.4) is 0 Å². The molecule has 0 saturated heterocycles. The van der Waals surface area contributed by atoms with E-state index < -0.39 is 3.79 Å². The van der Waals surface area contributed by atoms with Crippen LogP contribution in [0.2, 0.25) is 0 Å². The Morgan fingerprint density at radius 2 is 1.62 bits per heavy atom. The number of rotatable bonds is 3. The van der Waals surface area contributed by atoms with Gasteiger partial charge in [-0.15, -0.1) is 0 Å². The zero-order valence-corrected chi connectivity index (χ0v) is 21.4. The molecule has 0 saturated carbocycles. The maximum atomic E-state index is 12.6. The van der Waals surface area contributed by atoms with Gasteiger partial charge in [0.15, 0.2) is 5.78 Å². The number of para-hydroxylation sites is 2. The van der Waals surface area contributed by atoms with Crippen molar-refractivity contribution in [3.05, 3.63) is 113 Å². The lowest BCUT2D eigenvalue weighted by Crippen LogP contribution is -2.17. The van der Waals surface area contributed by atoms with E-state index in [2.05, 4.69) is 41.1 Å². The first-order chi connectivity index (χ1) is 16.4. The van der Waals surface area contributed by atoms with Gasteiger partial charge in [-0.25, -0.2) is 0 Å². The largest absolute Gasteiger partial charge is 0.335 e. The number of alkyl halides is 3. The summed E-state index contributed by atoms with van der Waals surface area (Å²) in [7, 11) is 0. The Labute approximate surface area is 218 Å². The van der Waals surface area contributed by atoms with Gasteiger partial charge in [0, 0.05) is 40.2 Å². The molecule has 0 fully saturated rings. The third-order valence-corrected chi connectivity index (χ3v) is 6.98. The Hall–Kier alpha value is -2.50. The molecule has 3 nitrogen and oxygen atoms in total. The molecule has 4 aromatic rings. The van der Waals surface area contributed by atoms with E-state index in [1.165, 1.54) is 5.39 Å². The average molecular weight is 528 g/mol. The number of fused-ring (bicyclic) bond motifs is 2. The molecule has 0 spiro atoms. The second-order valence-electron chi connectivity index (χ2n) is 7.43.